The molecule has 104 valence electrons. The minimum absolute atomic E-state index is 0.110. The predicted octanol–water partition coefficient (Wildman–Crippen LogP) is 2.76. The molecule has 0 aliphatic heterocycles. The molecule has 0 spiro atoms. The number of aromatic nitrogens is 1. The molecule has 1 aliphatic rings. The number of rotatable bonds is 2. The summed E-state index contributed by atoms with van der Waals surface area (Å²) < 4.78 is 5.26. The highest BCUT2D eigenvalue weighted by Crippen LogP contribution is 2.28. The SMILES string of the molecule is C[C@H]1CCc2onc(C(=O)Nc3cccc(O)c3)c2C1. The lowest BCUT2D eigenvalue weighted by Gasteiger charge is -2.16. The maximum absolute atomic E-state index is 12.2. The number of anilines is 1. The van der Waals surface area contributed by atoms with Crippen molar-refractivity contribution < 1.29 is 14.4 Å². The summed E-state index contributed by atoms with van der Waals surface area (Å²) in [4.78, 5) is 12.2. The molecule has 0 saturated carbocycles. The van der Waals surface area contributed by atoms with Crippen LogP contribution in [0.15, 0.2) is 28.8 Å². The zero-order valence-electron chi connectivity index (χ0n) is 11.2. The summed E-state index contributed by atoms with van der Waals surface area (Å²) in [5, 5.41) is 16.0. The summed E-state index contributed by atoms with van der Waals surface area (Å²) in [6.07, 6.45) is 2.72. The van der Waals surface area contributed by atoms with Crippen molar-refractivity contribution in [1.29, 1.82) is 0 Å². The standard InChI is InChI=1S/C15H16N2O3/c1-9-5-6-13-12(7-9)14(17-20-13)15(19)16-10-3-2-4-11(18)8-10/h2-4,8-9,18H,5-7H2,1H3,(H,16,19)/t9-/m0/s1. The molecule has 0 unspecified atom stereocenters. The predicted molar refractivity (Wildman–Crippen MR) is 73.8 cm³/mol. The molecule has 3 rings (SSSR count). The second-order valence-corrected chi connectivity index (χ2v) is 5.29. The molecule has 1 aliphatic carbocycles. The first-order chi connectivity index (χ1) is 9.63. The van der Waals surface area contributed by atoms with Crippen LogP contribution in [-0.2, 0) is 12.8 Å². The fraction of sp³-hybridized carbons (Fsp3) is 0.333. The highest BCUT2D eigenvalue weighted by Gasteiger charge is 2.26. The van der Waals surface area contributed by atoms with Gasteiger partial charge in [0.05, 0.1) is 0 Å². The molecule has 0 bridgehead atoms. The molecule has 1 aromatic heterocycles. The third-order valence-electron chi connectivity index (χ3n) is 3.61. The third-order valence-corrected chi connectivity index (χ3v) is 3.61. The summed E-state index contributed by atoms with van der Waals surface area (Å²) in [6, 6.07) is 6.43. The number of phenols is 1. The number of aromatic hydroxyl groups is 1. The average molecular weight is 272 g/mol. The van der Waals surface area contributed by atoms with Crippen molar-refractivity contribution in [3.05, 3.63) is 41.3 Å². The molecule has 0 fully saturated rings. The topological polar surface area (TPSA) is 75.4 Å². The van der Waals surface area contributed by atoms with Crippen molar-refractivity contribution in [2.24, 2.45) is 5.92 Å². The number of carbonyl (C=O) groups excluding carboxylic acids is 1. The van der Waals surface area contributed by atoms with Gasteiger partial charge in [-0.3, -0.25) is 4.79 Å². The maximum atomic E-state index is 12.2. The van der Waals surface area contributed by atoms with Crippen LogP contribution in [0.3, 0.4) is 0 Å². The largest absolute Gasteiger partial charge is 0.508 e. The smallest absolute Gasteiger partial charge is 0.278 e. The average Bonchev–Trinajstić information content (AvgIpc) is 2.81. The molecule has 5 nitrogen and oxygen atoms in total. The van der Waals surface area contributed by atoms with Gasteiger partial charge < -0.3 is 14.9 Å². The van der Waals surface area contributed by atoms with E-state index >= 15 is 0 Å². The lowest BCUT2D eigenvalue weighted by atomic mass is 9.88. The Bertz CT molecular complexity index is 648. The quantitative estimate of drug-likeness (QED) is 0.881. The Hall–Kier alpha value is -2.30. The fourth-order valence-electron chi connectivity index (χ4n) is 2.53. The number of aryl methyl sites for hydroxylation is 1. The molecular formula is C15H16N2O3. The normalized spacial score (nSPS) is 17.6. The van der Waals surface area contributed by atoms with E-state index in [1.807, 2.05) is 0 Å². The summed E-state index contributed by atoms with van der Waals surface area (Å²) in [6.45, 7) is 2.16. The number of phenolic OH excluding ortho intramolecular Hbond substituents is 1. The first-order valence-electron chi connectivity index (χ1n) is 6.71. The fourth-order valence-corrected chi connectivity index (χ4v) is 2.53. The van der Waals surface area contributed by atoms with Crippen LogP contribution < -0.4 is 5.32 Å². The number of carbonyl (C=O) groups is 1. The minimum Gasteiger partial charge on any atom is -0.508 e. The van der Waals surface area contributed by atoms with Gasteiger partial charge in [0, 0.05) is 23.7 Å². The summed E-state index contributed by atoms with van der Waals surface area (Å²) in [5.74, 6) is 1.17. The minimum atomic E-state index is -0.297. The maximum Gasteiger partial charge on any atom is 0.278 e. The van der Waals surface area contributed by atoms with E-state index in [0.29, 0.717) is 17.3 Å². The van der Waals surface area contributed by atoms with Crippen molar-refractivity contribution in [3.63, 3.8) is 0 Å². The van der Waals surface area contributed by atoms with Crippen LogP contribution in [0.25, 0.3) is 0 Å². The molecule has 2 aromatic rings. The van der Waals surface area contributed by atoms with E-state index in [-0.39, 0.29) is 11.7 Å². The Morgan fingerprint density at radius 2 is 2.35 bits per heavy atom. The molecule has 1 amide bonds. The van der Waals surface area contributed by atoms with Crippen LogP contribution in [0.1, 0.15) is 35.2 Å². The number of nitrogens with zero attached hydrogens (tertiary/aromatic N) is 1. The van der Waals surface area contributed by atoms with E-state index in [0.717, 1.165) is 30.6 Å². The van der Waals surface area contributed by atoms with E-state index in [2.05, 4.69) is 17.4 Å². The second-order valence-electron chi connectivity index (χ2n) is 5.29. The molecule has 0 radical (unpaired) electrons. The molecule has 2 N–H and O–H groups in total. The second kappa shape index (κ2) is 5.00. The zero-order chi connectivity index (χ0) is 14.1. The monoisotopic (exact) mass is 272 g/mol. The number of fused-ring (bicyclic) bond motifs is 1. The number of hydrogen-bond acceptors (Lipinski definition) is 4. The van der Waals surface area contributed by atoms with Crippen LogP contribution in [0.5, 0.6) is 5.75 Å². The Balaban J connectivity index is 1.83. The highest BCUT2D eigenvalue weighted by molar-refractivity contribution is 6.04. The highest BCUT2D eigenvalue weighted by atomic mass is 16.5. The Morgan fingerprint density at radius 1 is 1.50 bits per heavy atom. The molecule has 1 atom stereocenters. The van der Waals surface area contributed by atoms with Crippen LogP contribution >= 0.6 is 0 Å². The lowest BCUT2D eigenvalue weighted by Crippen LogP contribution is -2.17. The van der Waals surface area contributed by atoms with Crippen LogP contribution in [0.2, 0.25) is 0 Å². The summed E-state index contributed by atoms with van der Waals surface area (Å²) in [5.41, 5.74) is 1.81. The van der Waals surface area contributed by atoms with Gasteiger partial charge in [-0.2, -0.15) is 0 Å². The molecule has 1 aromatic carbocycles. The van der Waals surface area contributed by atoms with Gasteiger partial charge in [0.2, 0.25) is 0 Å². The van der Waals surface area contributed by atoms with Crippen LogP contribution in [-0.4, -0.2) is 16.2 Å². The van der Waals surface area contributed by atoms with Gasteiger partial charge in [-0.05, 0) is 30.9 Å². The molecule has 20 heavy (non-hydrogen) atoms. The van der Waals surface area contributed by atoms with E-state index in [1.54, 1.807) is 18.2 Å². The molecular weight excluding hydrogens is 256 g/mol. The van der Waals surface area contributed by atoms with Gasteiger partial charge in [-0.1, -0.05) is 18.1 Å². The molecule has 0 saturated heterocycles. The van der Waals surface area contributed by atoms with E-state index in [9.17, 15) is 9.90 Å². The zero-order valence-corrected chi connectivity index (χ0v) is 11.2. The van der Waals surface area contributed by atoms with Crippen LogP contribution in [0, 0.1) is 5.92 Å². The van der Waals surface area contributed by atoms with Gasteiger partial charge >= 0.3 is 0 Å². The van der Waals surface area contributed by atoms with Crippen LogP contribution in [0.4, 0.5) is 5.69 Å². The molecule has 1 heterocycles. The Labute approximate surface area is 116 Å². The van der Waals surface area contributed by atoms with Gasteiger partial charge in [0.1, 0.15) is 11.5 Å². The van der Waals surface area contributed by atoms with Crippen molar-refractivity contribution in [1.82, 2.24) is 5.16 Å². The van der Waals surface area contributed by atoms with Gasteiger partial charge in [0.15, 0.2) is 5.69 Å². The van der Waals surface area contributed by atoms with E-state index in [1.165, 1.54) is 6.07 Å². The summed E-state index contributed by atoms with van der Waals surface area (Å²) in [7, 11) is 0. The Morgan fingerprint density at radius 3 is 3.15 bits per heavy atom. The van der Waals surface area contributed by atoms with Gasteiger partial charge in [0.25, 0.3) is 5.91 Å². The van der Waals surface area contributed by atoms with E-state index < -0.39 is 0 Å². The number of nitrogens with one attached hydrogen (secondary N) is 1. The van der Waals surface area contributed by atoms with E-state index in [4.69, 9.17) is 4.52 Å². The molecule has 5 heteroatoms. The number of amides is 1. The first kappa shape index (κ1) is 12.7. The third kappa shape index (κ3) is 2.39. The van der Waals surface area contributed by atoms with Crippen molar-refractivity contribution in [2.45, 2.75) is 26.2 Å². The van der Waals surface area contributed by atoms with Crippen molar-refractivity contribution in [2.75, 3.05) is 5.32 Å². The lowest BCUT2D eigenvalue weighted by molar-refractivity contribution is 0.101. The Kier molecular flexibility index (Phi) is 3.18. The number of hydrogen-bond donors (Lipinski definition) is 2. The van der Waals surface area contributed by atoms with Gasteiger partial charge in [-0.15, -0.1) is 0 Å². The van der Waals surface area contributed by atoms with Gasteiger partial charge in [-0.25, -0.2) is 0 Å². The van der Waals surface area contributed by atoms with Crippen molar-refractivity contribution in [3.8, 4) is 5.75 Å². The van der Waals surface area contributed by atoms with Crippen molar-refractivity contribution >= 4 is 11.6 Å². The summed E-state index contributed by atoms with van der Waals surface area (Å²) >= 11 is 0. The number of benzene rings is 1. The first-order valence-corrected chi connectivity index (χ1v) is 6.71.